The van der Waals surface area contributed by atoms with E-state index in [1.807, 2.05) is 18.2 Å². The topological polar surface area (TPSA) is 139 Å². The molecule has 0 aliphatic rings. The Kier molecular flexibility index (Phi) is 9.60. The number of anilines is 1. The van der Waals surface area contributed by atoms with E-state index < -0.39 is 21.7 Å². The molecule has 228 valence electrons. The third-order valence-electron chi connectivity index (χ3n) is 6.75. The van der Waals surface area contributed by atoms with Gasteiger partial charge in [0.25, 0.3) is 15.9 Å². The summed E-state index contributed by atoms with van der Waals surface area (Å²) >= 11 is 5.95. The van der Waals surface area contributed by atoms with Gasteiger partial charge in [0, 0.05) is 40.8 Å². The molecule has 0 saturated heterocycles. The molecule has 3 N–H and O–H groups in total. The monoisotopic (exact) mass is 633 g/mol. The van der Waals surface area contributed by atoms with Gasteiger partial charge >= 0.3 is 0 Å². The van der Waals surface area contributed by atoms with Gasteiger partial charge in [0.1, 0.15) is 5.75 Å². The first-order valence-electron chi connectivity index (χ1n) is 13.9. The second-order valence-electron chi connectivity index (χ2n) is 10.6. The van der Waals surface area contributed by atoms with Crippen molar-refractivity contribution in [3.8, 4) is 17.1 Å². The minimum Gasteiger partial charge on any atom is -0.478 e. The van der Waals surface area contributed by atoms with Crippen molar-refractivity contribution < 1.29 is 22.8 Å². The lowest BCUT2D eigenvalue weighted by molar-refractivity contribution is 0.0692. The predicted molar refractivity (Wildman–Crippen MR) is 168 cm³/mol. The van der Waals surface area contributed by atoms with Gasteiger partial charge in [-0.3, -0.25) is 9.71 Å². The van der Waals surface area contributed by atoms with E-state index in [1.54, 1.807) is 80.8 Å². The Morgan fingerprint density at radius 2 is 1.73 bits per heavy atom. The Bertz CT molecular complexity index is 1760. The van der Waals surface area contributed by atoms with Crippen LogP contribution in [0.5, 0.6) is 5.75 Å². The molecule has 0 amide bonds. The predicted octanol–water partition coefficient (Wildman–Crippen LogP) is 5.77. The van der Waals surface area contributed by atoms with Crippen molar-refractivity contribution in [3.05, 3.63) is 119 Å². The number of aliphatic hydroxyl groups is 1. The highest BCUT2D eigenvalue weighted by Crippen LogP contribution is 2.29. The molecule has 10 nitrogen and oxygen atoms in total. The Hall–Kier alpha value is -4.29. The quantitative estimate of drug-likeness (QED) is 0.138. The number of aliphatic hydroxyl groups excluding tert-OH is 1. The van der Waals surface area contributed by atoms with E-state index in [0.717, 1.165) is 17.5 Å². The smallest absolute Gasteiger partial charge is 0.270 e. The van der Waals surface area contributed by atoms with Crippen LogP contribution in [0.25, 0.3) is 11.4 Å². The molecule has 12 heteroatoms. The second-order valence-corrected chi connectivity index (χ2v) is 12.7. The maximum absolute atomic E-state index is 13.0. The Morgan fingerprint density at radius 1 is 1.00 bits per heavy atom. The maximum Gasteiger partial charge on any atom is 0.270 e. The van der Waals surface area contributed by atoms with Gasteiger partial charge in [0.05, 0.1) is 11.0 Å². The minimum atomic E-state index is -3.83. The molecule has 0 aliphatic heterocycles. The summed E-state index contributed by atoms with van der Waals surface area (Å²) < 4.78 is 40.2. The molecule has 5 aromatic rings. The zero-order valence-corrected chi connectivity index (χ0v) is 25.7. The summed E-state index contributed by atoms with van der Waals surface area (Å²) in [5.41, 5.74) is 1.91. The highest BCUT2D eigenvalue weighted by atomic mass is 35.5. The fourth-order valence-corrected chi connectivity index (χ4v) is 5.51. The van der Waals surface area contributed by atoms with Gasteiger partial charge in [-0.05, 0) is 99.1 Å². The molecule has 0 radical (unpaired) electrons. The summed E-state index contributed by atoms with van der Waals surface area (Å²) in [4.78, 5) is 8.58. The molecule has 0 saturated carbocycles. The van der Waals surface area contributed by atoms with Gasteiger partial charge in [0.2, 0.25) is 5.82 Å². The molecule has 1 unspecified atom stereocenters. The number of hydrogen-bond donors (Lipinski definition) is 3. The highest BCUT2D eigenvalue weighted by Gasteiger charge is 2.30. The second kappa shape index (κ2) is 13.6. The number of ether oxygens (including phenoxy) is 1. The first-order chi connectivity index (χ1) is 21.1. The van der Waals surface area contributed by atoms with Crippen LogP contribution in [0.1, 0.15) is 37.0 Å². The largest absolute Gasteiger partial charge is 0.478 e. The van der Waals surface area contributed by atoms with E-state index in [2.05, 4.69) is 25.2 Å². The van der Waals surface area contributed by atoms with Gasteiger partial charge in [-0.25, -0.2) is 8.42 Å². The zero-order chi connectivity index (χ0) is 31.2. The molecule has 2 heterocycles. The van der Waals surface area contributed by atoms with Crippen molar-refractivity contribution in [1.29, 1.82) is 0 Å². The summed E-state index contributed by atoms with van der Waals surface area (Å²) in [6.07, 6.45) is 3.40. The van der Waals surface area contributed by atoms with Crippen LogP contribution in [0.4, 0.5) is 5.69 Å². The maximum atomic E-state index is 13.0. The van der Waals surface area contributed by atoms with Gasteiger partial charge in [-0.1, -0.05) is 35.0 Å². The van der Waals surface area contributed by atoms with Crippen LogP contribution >= 0.6 is 11.6 Å². The van der Waals surface area contributed by atoms with Crippen LogP contribution in [0.15, 0.2) is 107 Å². The van der Waals surface area contributed by atoms with Crippen LogP contribution in [-0.4, -0.2) is 41.7 Å². The van der Waals surface area contributed by atoms with E-state index in [-0.39, 0.29) is 10.8 Å². The zero-order valence-electron chi connectivity index (χ0n) is 24.1. The van der Waals surface area contributed by atoms with Crippen LogP contribution in [-0.2, 0) is 22.0 Å². The van der Waals surface area contributed by atoms with Crippen LogP contribution < -0.4 is 14.8 Å². The Balaban J connectivity index is 1.14. The fourth-order valence-electron chi connectivity index (χ4n) is 4.33. The van der Waals surface area contributed by atoms with Crippen molar-refractivity contribution >= 4 is 27.3 Å². The third-order valence-corrected chi connectivity index (χ3v) is 8.40. The summed E-state index contributed by atoms with van der Waals surface area (Å²) in [6.45, 7) is 4.68. The van der Waals surface area contributed by atoms with Crippen molar-refractivity contribution in [2.24, 2.45) is 0 Å². The third kappa shape index (κ3) is 8.00. The number of halogens is 1. The molecule has 0 bridgehead atoms. The minimum absolute atomic E-state index is 0.0943. The standard InChI is InChI=1S/C32H32ClN5O5S/c1-32(2,42-27-13-9-25(33)10-14-27)31-36-30(37-43-31)23-7-15-28(16-8-23)44(40,41)38-26-11-5-22(6-12-26)17-19-35-21-29(39)24-4-3-18-34-20-24/h3-16,18,20,29,35,38-39H,17,19,21H2,1-2H3. The average Bonchev–Trinajstić information content (AvgIpc) is 3.53. The number of aromatic nitrogens is 3. The number of nitrogens with zero attached hydrogens (tertiary/aromatic N) is 3. The number of benzene rings is 3. The SMILES string of the molecule is CC(C)(Oc1ccc(Cl)cc1)c1nc(-c2ccc(S(=O)(=O)Nc3ccc(CCNCC(O)c4cccnc4)cc3)cc2)no1. The number of sulfonamides is 1. The summed E-state index contributed by atoms with van der Waals surface area (Å²) in [5, 5.41) is 18.1. The molecule has 0 aliphatic carbocycles. The molecule has 2 aromatic heterocycles. The van der Waals surface area contributed by atoms with Gasteiger partial charge in [-0.2, -0.15) is 4.98 Å². The molecule has 3 aromatic carbocycles. The molecular weight excluding hydrogens is 602 g/mol. The normalized spacial score (nSPS) is 12.5. The molecular formula is C32H32ClN5O5S. The number of hydrogen-bond acceptors (Lipinski definition) is 9. The van der Waals surface area contributed by atoms with E-state index in [0.29, 0.717) is 40.9 Å². The van der Waals surface area contributed by atoms with Crippen molar-refractivity contribution in [3.63, 3.8) is 0 Å². The van der Waals surface area contributed by atoms with Gasteiger partial charge in [0.15, 0.2) is 5.60 Å². The number of pyridine rings is 1. The fraction of sp³-hybridized carbons (Fsp3) is 0.219. The lowest BCUT2D eigenvalue weighted by atomic mass is 10.1. The van der Waals surface area contributed by atoms with Gasteiger partial charge < -0.3 is 19.7 Å². The average molecular weight is 634 g/mol. The highest BCUT2D eigenvalue weighted by molar-refractivity contribution is 7.92. The number of nitrogens with one attached hydrogen (secondary N) is 2. The molecule has 0 spiro atoms. The van der Waals surface area contributed by atoms with Crippen LogP contribution in [0.2, 0.25) is 5.02 Å². The van der Waals surface area contributed by atoms with Crippen molar-refractivity contribution in [1.82, 2.24) is 20.4 Å². The van der Waals surface area contributed by atoms with E-state index in [9.17, 15) is 13.5 Å². The van der Waals surface area contributed by atoms with Crippen LogP contribution in [0.3, 0.4) is 0 Å². The molecule has 1 atom stereocenters. The number of rotatable bonds is 13. The Labute approximate surface area is 261 Å². The van der Waals surface area contributed by atoms with Crippen LogP contribution in [0, 0.1) is 0 Å². The van der Waals surface area contributed by atoms with E-state index in [1.165, 1.54) is 12.1 Å². The first kappa shape index (κ1) is 31.1. The molecule has 44 heavy (non-hydrogen) atoms. The summed E-state index contributed by atoms with van der Waals surface area (Å²) in [5.74, 6) is 1.17. The summed E-state index contributed by atoms with van der Waals surface area (Å²) in [6, 6.07) is 24.0. The summed E-state index contributed by atoms with van der Waals surface area (Å²) in [7, 11) is -3.83. The lowest BCUT2D eigenvalue weighted by Crippen LogP contribution is -2.25. The molecule has 0 fully saturated rings. The lowest BCUT2D eigenvalue weighted by Gasteiger charge is -2.22. The van der Waals surface area contributed by atoms with Crippen molar-refractivity contribution in [2.75, 3.05) is 17.8 Å². The Morgan fingerprint density at radius 3 is 2.41 bits per heavy atom. The van der Waals surface area contributed by atoms with E-state index in [4.69, 9.17) is 20.9 Å². The van der Waals surface area contributed by atoms with Crippen molar-refractivity contribution in [2.45, 2.75) is 36.9 Å². The van der Waals surface area contributed by atoms with Gasteiger partial charge in [-0.15, -0.1) is 0 Å². The first-order valence-corrected chi connectivity index (χ1v) is 15.7. The molecule has 5 rings (SSSR count). The van der Waals surface area contributed by atoms with E-state index >= 15 is 0 Å².